The topological polar surface area (TPSA) is 72.6 Å². The first kappa shape index (κ1) is 11.4. The maximum atomic E-state index is 11.9. The molecule has 0 saturated heterocycles. The lowest BCUT2D eigenvalue weighted by Crippen LogP contribution is -2.37. The van der Waals surface area contributed by atoms with E-state index >= 15 is 0 Å². The molecule has 5 nitrogen and oxygen atoms in total. The zero-order valence-corrected chi connectivity index (χ0v) is 9.55. The van der Waals surface area contributed by atoms with Crippen LogP contribution in [-0.2, 0) is 22.6 Å². The van der Waals surface area contributed by atoms with Gasteiger partial charge in [0.25, 0.3) is 5.91 Å². The fraction of sp³-hybridized carbons (Fsp3) is 0.333. The molecule has 90 valence electrons. The summed E-state index contributed by atoms with van der Waals surface area (Å²) in [5.41, 5.74) is 7.15. The maximum Gasteiger partial charge on any atom is 0.405 e. The number of primary amides is 1. The van der Waals surface area contributed by atoms with Crippen LogP contribution in [0, 0.1) is 0 Å². The van der Waals surface area contributed by atoms with Crippen molar-refractivity contribution in [2.75, 3.05) is 0 Å². The largest absolute Gasteiger partial charge is 0.437 e. The molecule has 2 rings (SSSR count). The number of nitrogens with zero attached hydrogens (tertiary/aromatic N) is 1. The van der Waals surface area contributed by atoms with Gasteiger partial charge in [0.05, 0.1) is 0 Å². The highest BCUT2D eigenvalue weighted by atomic mass is 16.6. The van der Waals surface area contributed by atoms with Crippen LogP contribution in [0.15, 0.2) is 24.3 Å². The number of fused-ring (bicyclic) bond motifs is 1. The number of hydrogen-bond donors (Lipinski definition) is 1. The average molecular weight is 234 g/mol. The number of rotatable bonds is 2. The molecule has 0 fully saturated rings. The molecule has 1 atom stereocenters. The third kappa shape index (κ3) is 2.38. The number of carbonyl (C=O) groups excluding carboxylic acids is 2. The summed E-state index contributed by atoms with van der Waals surface area (Å²) in [6.45, 7) is 2.64. The van der Waals surface area contributed by atoms with E-state index in [1.54, 1.807) is 4.90 Å². The van der Waals surface area contributed by atoms with Crippen LogP contribution >= 0.6 is 0 Å². The van der Waals surface area contributed by atoms with Crippen molar-refractivity contribution in [2.45, 2.75) is 26.1 Å². The Kier molecular flexibility index (Phi) is 2.99. The molecule has 17 heavy (non-hydrogen) atoms. The van der Waals surface area contributed by atoms with Gasteiger partial charge < -0.3 is 15.4 Å². The predicted octanol–water partition coefficient (Wildman–Crippen LogP) is 1.01. The molecular weight excluding hydrogens is 220 g/mol. The lowest BCUT2D eigenvalue weighted by molar-refractivity contribution is -0.139. The summed E-state index contributed by atoms with van der Waals surface area (Å²) in [6.07, 6.45) is -1.76. The summed E-state index contributed by atoms with van der Waals surface area (Å²) < 4.78 is 4.67. The van der Waals surface area contributed by atoms with Gasteiger partial charge in [0, 0.05) is 13.1 Å². The van der Waals surface area contributed by atoms with Gasteiger partial charge in [0.2, 0.25) is 0 Å². The van der Waals surface area contributed by atoms with E-state index in [9.17, 15) is 9.59 Å². The summed E-state index contributed by atoms with van der Waals surface area (Å²) in [7, 11) is 0. The highest BCUT2D eigenvalue weighted by Crippen LogP contribution is 2.22. The van der Waals surface area contributed by atoms with Gasteiger partial charge in [0.15, 0.2) is 6.10 Å². The molecule has 2 amide bonds. The number of carbonyl (C=O) groups is 2. The Labute approximate surface area is 99.2 Å². The van der Waals surface area contributed by atoms with Crippen LogP contribution in [0.3, 0.4) is 0 Å². The molecule has 1 aromatic carbocycles. The van der Waals surface area contributed by atoms with Gasteiger partial charge in [-0.3, -0.25) is 4.79 Å². The molecule has 1 aliphatic heterocycles. The van der Waals surface area contributed by atoms with Crippen molar-refractivity contribution >= 4 is 12.0 Å². The monoisotopic (exact) mass is 234 g/mol. The van der Waals surface area contributed by atoms with Gasteiger partial charge in [-0.25, -0.2) is 4.79 Å². The Bertz CT molecular complexity index is 434. The van der Waals surface area contributed by atoms with Gasteiger partial charge in [0.1, 0.15) is 0 Å². The highest BCUT2D eigenvalue weighted by molar-refractivity contribution is 5.83. The standard InChI is InChI=1S/C12H14N2O3/c1-8(17-12(13)16)11(15)14-6-9-4-2-3-5-10(9)7-14/h2-5,8H,6-7H2,1H3,(H2,13,16). The molecule has 0 bridgehead atoms. The van der Waals surface area contributed by atoms with E-state index in [0.29, 0.717) is 13.1 Å². The lowest BCUT2D eigenvalue weighted by Gasteiger charge is -2.19. The molecule has 1 aliphatic rings. The molecular formula is C12H14N2O3. The fourth-order valence-corrected chi connectivity index (χ4v) is 1.97. The second-order valence-corrected chi connectivity index (χ2v) is 4.04. The van der Waals surface area contributed by atoms with E-state index in [0.717, 1.165) is 11.1 Å². The van der Waals surface area contributed by atoms with Crippen molar-refractivity contribution in [3.05, 3.63) is 35.4 Å². The number of hydrogen-bond acceptors (Lipinski definition) is 3. The number of nitrogens with two attached hydrogens (primary N) is 1. The minimum Gasteiger partial charge on any atom is -0.437 e. The van der Waals surface area contributed by atoms with Gasteiger partial charge in [-0.2, -0.15) is 0 Å². The van der Waals surface area contributed by atoms with Crippen molar-refractivity contribution in [1.29, 1.82) is 0 Å². The average Bonchev–Trinajstić information content (AvgIpc) is 2.70. The fourth-order valence-electron chi connectivity index (χ4n) is 1.97. The van der Waals surface area contributed by atoms with Gasteiger partial charge >= 0.3 is 6.09 Å². The molecule has 1 heterocycles. The van der Waals surface area contributed by atoms with Crippen molar-refractivity contribution in [2.24, 2.45) is 5.73 Å². The Balaban J connectivity index is 2.03. The van der Waals surface area contributed by atoms with E-state index in [-0.39, 0.29) is 5.91 Å². The maximum absolute atomic E-state index is 11.9. The van der Waals surface area contributed by atoms with E-state index in [1.165, 1.54) is 6.92 Å². The Hall–Kier alpha value is -2.04. The van der Waals surface area contributed by atoms with Gasteiger partial charge in [-0.1, -0.05) is 24.3 Å². The van der Waals surface area contributed by atoms with Crippen LogP contribution in [-0.4, -0.2) is 23.0 Å². The number of amides is 2. The molecule has 2 N–H and O–H groups in total. The van der Waals surface area contributed by atoms with Crippen molar-refractivity contribution in [3.8, 4) is 0 Å². The molecule has 0 aromatic heterocycles. The smallest absolute Gasteiger partial charge is 0.405 e. The molecule has 0 aliphatic carbocycles. The zero-order valence-electron chi connectivity index (χ0n) is 9.55. The molecule has 0 spiro atoms. The Morgan fingerprint density at radius 2 is 1.82 bits per heavy atom. The summed E-state index contributed by atoms with van der Waals surface area (Å²) in [6, 6.07) is 7.86. The van der Waals surface area contributed by atoms with Gasteiger partial charge in [-0.15, -0.1) is 0 Å². The van der Waals surface area contributed by atoms with E-state index in [2.05, 4.69) is 4.74 Å². The van der Waals surface area contributed by atoms with E-state index in [4.69, 9.17) is 5.73 Å². The van der Waals surface area contributed by atoms with Crippen LogP contribution in [0.1, 0.15) is 18.1 Å². The third-order valence-electron chi connectivity index (χ3n) is 2.79. The number of ether oxygens (including phenoxy) is 1. The molecule has 0 saturated carbocycles. The first-order chi connectivity index (χ1) is 8.08. The summed E-state index contributed by atoms with van der Waals surface area (Å²) >= 11 is 0. The van der Waals surface area contributed by atoms with Crippen LogP contribution in [0.25, 0.3) is 0 Å². The van der Waals surface area contributed by atoms with Crippen LogP contribution < -0.4 is 5.73 Å². The first-order valence-corrected chi connectivity index (χ1v) is 5.39. The lowest BCUT2D eigenvalue weighted by atomic mass is 10.1. The zero-order chi connectivity index (χ0) is 12.4. The van der Waals surface area contributed by atoms with Gasteiger partial charge in [-0.05, 0) is 18.1 Å². The van der Waals surface area contributed by atoms with Crippen molar-refractivity contribution < 1.29 is 14.3 Å². The summed E-state index contributed by atoms with van der Waals surface area (Å²) in [4.78, 5) is 24.2. The van der Waals surface area contributed by atoms with E-state index < -0.39 is 12.2 Å². The minimum atomic E-state index is -0.928. The highest BCUT2D eigenvalue weighted by Gasteiger charge is 2.28. The second kappa shape index (κ2) is 4.45. The summed E-state index contributed by atoms with van der Waals surface area (Å²) in [5.74, 6) is -0.222. The number of benzene rings is 1. The van der Waals surface area contributed by atoms with Crippen LogP contribution in [0.4, 0.5) is 4.79 Å². The minimum absolute atomic E-state index is 0.222. The SMILES string of the molecule is CC(OC(N)=O)C(=O)N1Cc2ccccc2C1. The molecule has 0 radical (unpaired) electrons. The Morgan fingerprint density at radius 3 is 2.29 bits per heavy atom. The van der Waals surface area contributed by atoms with E-state index in [1.807, 2.05) is 24.3 Å². The molecule has 5 heteroatoms. The normalized spacial score (nSPS) is 15.2. The quantitative estimate of drug-likeness (QED) is 0.830. The van der Waals surface area contributed by atoms with Crippen LogP contribution in [0.5, 0.6) is 0 Å². The molecule has 1 unspecified atom stereocenters. The van der Waals surface area contributed by atoms with Crippen LogP contribution in [0.2, 0.25) is 0 Å². The Morgan fingerprint density at radius 1 is 1.29 bits per heavy atom. The van der Waals surface area contributed by atoms with Crippen molar-refractivity contribution in [3.63, 3.8) is 0 Å². The first-order valence-electron chi connectivity index (χ1n) is 5.39. The predicted molar refractivity (Wildman–Crippen MR) is 60.8 cm³/mol. The second-order valence-electron chi connectivity index (χ2n) is 4.04. The summed E-state index contributed by atoms with van der Waals surface area (Å²) in [5, 5.41) is 0. The van der Waals surface area contributed by atoms with Crippen molar-refractivity contribution in [1.82, 2.24) is 4.90 Å². The molecule has 1 aromatic rings. The third-order valence-corrected chi connectivity index (χ3v) is 2.79.